The number of rotatable bonds is 3. The molecule has 2 atom stereocenters. The van der Waals surface area contributed by atoms with E-state index in [-0.39, 0.29) is 17.9 Å². The van der Waals surface area contributed by atoms with Crippen LogP contribution in [0.15, 0.2) is 18.2 Å². The molecular formula is C14H17ClN2O3. The maximum Gasteiger partial charge on any atom is 0.337 e. The molecule has 1 heterocycles. The van der Waals surface area contributed by atoms with Gasteiger partial charge < -0.3 is 15.4 Å². The Bertz CT molecular complexity index is 533. The molecule has 1 aliphatic heterocycles. The van der Waals surface area contributed by atoms with Gasteiger partial charge in [-0.05, 0) is 37.1 Å². The first-order valence-corrected chi connectivity index (χ1v) is 6.83. The SMILES string of the molecule is COC(=O)c1ccc(Cl)c(NC(=O)C2NCCC2C)c1. The Balaban J connectivity index is 2.16. The van der Waals surface area contributed by atoms with E-state index in [2.05, 4.69) is 15.4 Å². The van der Waals surface area contributed by atoms with Gasteiger partial charge in [-0.2, -0.15) is 0 Å². The Hall–Kier alpha value is -1.59. The monoisotopic (exact) mass is 296 g/mol. The van der Waals surface area contributed by atoms with Gasteiger partial charge in [0.15, 0.2) is 0 Å². The van der Waals surface area contributed by atoms with E-state index >= 15 is 0 Å². The van der Waals surface area contributed by atoms with Gasteiger partial charge in [0.2, 0.25) is 5.91 Å². The van der Waals surface area contributed by atoms with Crippen LogP contribution in [0.2, 0.25) is 5.02 Å². The third-order valence-corrected chi connectivity index (χ3v) is 3.79. The van der Waals surface area contributed by atoms with Crippen LogP contribution in [0.5, 0.6) is 0 Å². The van der Waals surface area contributed by atoms with Crippen molar-refractivity contribution in [3.8, 4) is 0 Å². The van der Waals surface area contributed by atoms with E-state index in [1.54, 1.807) is 12.1 Å². The van der Waals surface area contributed by atoms with Crippen molar-refractivity contribution in [3.63, 3.8) is 0 Å². The number of esters is 1. The highest BCUT2D eigenvalue weighted by molar-refractivity contribution is 6.34. The lowest BCUT2D eigenvalue weighted by Gasteiger charge is -2.16. The van der Waals surface area contributed by atoms with Gasteiger partial charge in [-0.25, -0.2) is 4.79 Å². The number of anilines is 1. The zero-order valence-corrected chi connectivity index (χ0v) is 12.2. The molecule has 1 saturated heterocycles. The summed E-state index contributed by atoms with van der Waals surface area (Å²) in [5.41, 5.74) is 0.764. The second-order valence-corrected chi connectivity index (χ2v) is 5.28. The van der Waals surface area contributed by atoms with Crippen molar-refractivity contribution in [1.82, 2.24) is 5.32 Å². The molecule has 0 spiro atoms. The molecule has 0 aliphatic carbocycles. The molecule has 0 radical (unpaired) electrons. The Morgan fingerprint density at radius 3 is 2.80 bits per heavy atom. The Morgan fingerprint density at radius 1 is 1.45 bits per heavy atom. The summed E-state index contributed by atoms with van der Waals surface area (Å²) in [7, 11) is 1.30. The van der Waals surface area contributed by atoms with E-state index in [1.165, 1.54) is 13.2 Å². The number of carbonyl (C=O) groups is 2. The summed E-state index contributed by atoms with van der Waals surface area (Å²) in [5, 5.41) is 6.29. The molecule has 2 N–H and O–H groups in total. The zero-order valence-electron chi connectivity index (χ0n) is 11.4. The van der Waals surface area contributed by atoms with Crippen molar-refractivity contribution in [2.45, 2.75) is 19.4 Å². The van der Waals surface area contributed by atoms with Crippen molar-refractivity contribution in [1.29, 1.82) is 0 Å². The smallest absolute Gasteiger partial charge is 0.337 e. The van der Waals surface area contributed by atoms with Gasteiger partial charge in [-0.15, -0.1) is 0 Å². The van der Waals surface area contributed by atoms with Crippen LogP contribution in [-0.2, 0) is 9.53 Å². The molecule has 20 heavy (non-hydrogen) atoms. The van der Waals surface area contributed by atoms with E-state index < -0.39 is 5.97 Å². The average molecular weight is 297 g/mol. The van der Waals surface area contributed by atoms with Gasteiger partial charge in [-0.1, -0.05) is 18.5 Å². The Morgan fingerprint density at radius 2 is 2.20 bits per heavy atom. The molecule has 1 aromatic carbocycles. The maximum absolute atomic E-state index is 12.2. The second-order valence-electron chi connectivity index (χ2n) is 4.87. The van der Waals surface area contributed by atoms with E-state index in [0.29, 0.717) is 16.3 Å². The topological polar surface area (TPSA) is 67.4 Å². The third-order valence-electron chi connectivity index (χ3n) is 3.46. The highest BCUT2D eigenvalue weighted by atomic mass is 35.5. The number of benzene rings is 1. The molecule has 1 amide bonds. The average Bonchev–Trinajstić information content (AvgIpc) is 2.86. The molecule has 108 valence electrons. The summed E-state index contributed by atoms with van der Waals surface area (Å²) in [6.07, 6.45) is 0.966. The minimum Gasteiger partial charge on any atom is -0.465 e. The lowest BCUT2D eigenvalue weighted by Crippen LogP contribution is -2.39. The summed E-state index contributed by atoms with van der Waals surface area (Å²) in [5.74, 6) is -0.332. The molecule has 1 fully saturated rings. The number of hydrogen-bond donors (Lipinski definition) is 2. The number of halogens is 1. The lowest BCUT2D eigenvalue weighted by molar-refractivity contribution is -0.118. The predicted octanol–water partition coefficient (Wildman–Crippen LogP) is 2.06. The van der Waals surface area contributed by atoms with E-state index in [1.807, 2.05) is 6.92 Å². The summed E-state index contributed by atoms with van der Waals surface area (Å²) >= 11 is 6.04. The van der Waals surface area contributed by atoms with Crippen molar-refractivity contribution >= 4 is 29.2 Å². The highest BCUT2D eigenvalue weighted by Gasteiger charge is 2.29. The second kappa shape index (κ2) is 6.24. The molecule has 0 aromatic heterocycles. The molecule has 1 aliphatic rings. The van der Waals surface area contributed by atoms with Gasteiger partial charge in [0.05, 0.1) is 29.4 Å². The molecule has 1 aromatic rings. The van der Waals surface area contributed by atoms with Crippen LogP contribution in [0.4, 0.5) is 5.69 Å². The fourth-order valence-electron chi connectivity index (χ4n) is 2.26. The first-order chi connectivity index (χ1) is 9.52. The fraction of sp³-hybridized carbons (Fsp3) is 0.429. The van der Waals surface area contributed by atoms with Gasteiger partial charge in [0, 0.05) is 0 Å². The number of carbonyl (C=O) groups excluding carboxylic acids is 2. The van der Waals surface area contributed by atoms with Crippen LogP contribution < -0.4 is 10.6 Å². The third kappa shape index (κ3) is 3.11. The predicted molar refractivity (Wildman–Crippen MR) is 77.0 cm³/mol. The van der Waals surface area contributed by atoms with E-state index in [9.17, 15) is 9.59 Å². The standard InChI is InChI=1S/C14H17ClN2O3/c1-8-5-6-16-12(8)13(18)17-11-7-9(14(19)20-2)3-4-10(11)15/h3-4,7-8,12,16H,5-6H2,1-2H3,(H,17,18). The Labute approximate surface area is 122 Å². The molecule has 0 saturated carbocycles. The summed E-state index contributed by atoms with van der Waals surface area (Å²) in [6, 6.07) is 4.41. The fourth-order valence-corrected chi connectivity index (χ4v) is 2.43. The molecule has 2 rings (SSSR count). The number of hydrogen-bond acceptors (Lipinski definition) is 4. The van der Waals surface area contributed by atoms with Crippen LogP contribution in [0.3, 0.4) is 0 Å². The number of ether oxygens (including phenoxy) is 1. The van der Waals surface area contributed by atoms with Gasteiger partial charge in [0.1, 0.15) is 0 Å². The molecule has 6 heteroatoms. The first kappa shape index (κ1) is 14.8. The summed E-state index contributed by atoms with van der Waals surface area (Å²) < 4.78 is 4.65. The molecule has 2 unspecified atom stereocenters. The number of nitrogens with one attached hydrogen (secondary N) is 2. The number of methoxy groups -OCH3 is 1. The van der Waals surface area contributed by atoms with Gasteiger partial charge in [0.25, 0.3) is 0 Å². The van der Waals surface area contributed by atoms with Gasteiger partial charge >= 0.3 is 5.97 Å². The number of amides is 1. The quantitative estimate of drug-likeness (QED) is 0.838. The van der Waals surface area contributed by atoms with Crippen LogP contribution in [0, 0.1) is 5.92 Å². The first-order valence-electron chi connectivity index (χ1n) is 6.45. The summed E-state index contributed by atoms with van der Waals surface area (Å²) in [4.78, 5) is 23.7. The van der Waals surface area contributed by atoms with E-state index in [0.717, 1.165) is 13.0 Å². The van der Waals surface area contributed by atoms with Crippen molar-refractivity contribution in [2.24, 2.45) is 5.92 Å². The van der Waals surface area contributed by atoms with Crippen molar-refractivity contribution in [3.05, 3.63) is 28.8 Å². The summed E-state index contributed by atoms with van der Waals surface area (Å²) in [6.45, 7) is 2.85. The van der Waals surface area contributed by atoms with Crippen LogP contribution in [-0.4, -0.2) is 31.6 Å². The van der Waals surface area contributed by atoms with E-state index in [4.69, 9.17) is 11.6 Å². The van der Waals surface area contributed by atoms with Gasteiger partial charge in [-0.3, -0.25) is 4.79 Å². The minimum atomic E-state index is -0.468. The highest BCUT2D eigenvalue weighted by Crippen LogP contribution is 2.25. The maximum atomic E-state index is 12.2. The molecule has 5 nitrogen and oxygen atoms in total. The largest absolute Gasteiger partial charge is 0.465 e. The van der Waals surface area contributed by atoms with Crippen LogP contribution >= 0.6 is 11.6 Å². The van der Waals surface area contributed by atoms with Crippen molar-refractivity contribution in [2.75, 3.05) is 19.0 Å². The Kier molecular flexibility index (Phi) is 4.62. The zero-order chi connectivity index (χ0) is 14.7. The van der Waals surface area contributed by atoms with Crippen LogP contribution in [0.25, 0.3) is 0 Å². The van der Waals surface area contributed by atoms with Crippen LogP contribution in [0.1, 0.15) is 23.7 Å². The molecular weight excluding hydrogens is 280 g/mol. The minimum absolute atomic E-state index is 0.140. The lowest BCUT2D eigenvalue weighted by atomic mass is 10.0. The normalized spacial score (nSPS) is 21.6. The van der Waals surface area contributed by atoms with Crippen molar-refractivity contribution < 1.29 is 14.3 Å². The molecule has 0 bridgehead atoms.